The average molecular weight is 447 g/mol. The predicted octanol–water partition coefficient (Wildman–Crippen LogP) is 6.41. The third kappa shape index (κ3) is 4.34. The molecule has 0 amide bonds. The van der Waals surface area contributed by atoms with Crippen LogP contribution in [0.5, 0.6) is 5.75 Å². The molecule has 164 valence electrons. The fraction of sp³-hybridized carbons (Fsp3) is 0.154. The van der Waals surface area contributed by atoms with Gasteiger partial charge in [0.05, 0.1) is 6.04 Å². The molecule has 0 bridgehead atoms. The molecule has 2 unspecified atom stereocenters. The SMILES string of the molecule is COP(=O)(OC)C(NC(c1ccccc1)c1c(O)ccc2ccccc12)c1ccccc1. The van der Waals surface area contributed by atoms with Crippen LogP contribution in [0.4, 0.5) is 0 Å². The van der Waals surface area contributed by atoms with Gasteiger partial charge >= 0.3 is 7.60 Å². The lowest BCUT2D eigenvalue weighted by atomic mass is 9.92. The van der Waals surface area contributed by atoms with E-state index in [4.69, 9.17) is 9.05 Å². The van der Waals surface area contributed by atoms with Gasteiger partial charge in [-0.15, -0.1) is 0 Å². The highest BCUT2D eigenvalue weighted by Gasteiger charge is 2.38. The molecule has 4 aromatic carbocycles. The normalized spacial score (nSPS) is 13.7. The molecule has 2 N–H and O–H groups in total. The van der Waals surface area contributed by atoms with E-state index in [2.05, 4.69) is 5.32 Å². The molecule has 2 atom stereocenters. The van der Waals surface area contributed by atoms with Gasteiger partial charge in [0, 0.05) is 19.8 Å². The van der Waals surface area contributed by atoms with E-state index in [1.54, 1.807) is 6.07 Å². The number of fused-ring (bicyclic) bond motifs is 1. The topological polar surface area (TPSA) is 67.8 Å². The van der Waals surface area contributed by atoms with Gasteiger partial charge in [-0.3, -0.25) is 9.88 Å². The van der Waals surface area contributed by atoms with Gasteiger partial charge in [-0.25, -0.2) is 0 Å². The fourth-order valence-electron chi connectivity index (χ4n) is 4.03. The van der Waals surface area contributed by atoms with Crippen LogP contribution in [-0.4, -0.2) is 19.3 Å². The Labute approximate surface area is 188 Å². The molecular weight excluding hydrogens is 421 g/mol. The van der Waals surface area contributed by atoms with Crippen LogP contribution in [0.25, 0.3) is 10.8 Å². The highest BCUT2D eigenvalue weighted by Crippen LogP contribution is 2.59. The summed E-state index contributed by atoms with van der Waals surface area (Å²) in [6.45, 7) is 0. The van der Waals surface area contributed by atoms with Crippen molar-refractivity contribution in [3.63, 3.8) is 0 Å². The van der Waals surface area contributed by atoms with Crippen molar-refractivity contribution in [3.8, 4) is 5.75 Å². The maximum Gasteiger partial charge on any atom is 0.351 e. The van der Waals surface area contributed by atoms with Crippen molar-refractivity contribution < 1.29 is 18.7 Å². The zero-order valence-corrected chi connectivity index (χ0v) is 18.9. The molecule has 5 nitrogen and oxygen atoms in total. The molecule has 0 radical (unpaired) electrons. The number of nitrogens with one attached hydrogen (secondary N) is 1. The minimum absolute atomic E-state index is 0.154. The van der Waals surface area contributed by atoms with Gasteiger partial charge in [-0.1, -0.05) is 91.0 Å². The number of phenols is 1. The lowest BCUT2D eigenvalue weighted by molar-refractivity contribution is 0.257. The Morgan fingerprint density at radius 2 is 1.31 bits per heavy atom. The summed E-state index contributed by atoms with van der Waals surface area (Å²) in [5.74, 6) is -0.608. The monoisotopic (exact) mass is 447 g/mol. The fourth-order valence-corrected chi connectivity index (χ4v) is 5.47. The van der Waals surface area contributed by atoms with Crippen LogP contribution in [0.2, 0.25) is 0 Å². The van der Waals surface area contributed by atoms with Gasteiger partial charge in [0.2, 0.25) is 0 Å². The second kappa shape index (κ2) is 9.68. The average Bonchev–Trinajstić information content (AvgIpc) is 2.86. The van der Waals surface area contributed by atoms with Crippen LogP contribution in [0.1, 0.15) is 28.5 Å². The quantitative estimate of drug-likeness (QED) is 0.306. The Bertz CT molecular complexity index is 1220. The third-order valence-corrected chi connectivity index (χ3v) is 7.73. The van der Waals surface area contributed by atoms with E-state index in [1.165, 1.54) is 14.2 Å². The van der Waals surface area contributed by atoms with Gasteiger partial charge in [-0.2, -0.15) is 0 Å². The van der Waals surface area contributed by atoms with E-state index in [-0.39, 0.29) is 5.75 Å². The first-order chi connectivity index (χ1) is 15.6. The molecule has 0 saturated heterocycles. The van der Waals surface area contributed by atoms with Crippen LogP contribution < -0.4 is 5.32 Å². The number of benzene rings is 4. The number of aromatic hydroxyl groups is 1. The van der Waals surface area contributed by atoms with Crippen LogP contribution in [0, 0.1) is 0 Å². The van der Waals surface area contributed by atoms with Crippen LogP contribution in [0.3, 0.4) is 0 Å². The second-order valence-electron chi connectivity index (χ2n) is 7.45. The zero-order valence-electron chi connectivity index (χ0n) is 18.0. The third-order valence-electron chi connectivity index (χ3n) is 5.63. The summed E-state index contributed by atoms with van der Waals surface area (Å²) >= 11 is 0. The minimum Gasteiger partial charge on any atom is -0.508 e. The van der Waals surface area contributed by atoms with E-state index in [0.29, 0.717) is 5.56 Å². The smallest absolute Gasteiger partial charge is 0.351 e. The Hall–Kier alpha value is -2.95. The highest BCUT2D eigenvalue weighted by molar-refractivity contribution is 7.54. The molecule has 0 fully saturated rings. The van der Waals surface area contributed by atoms with E-state index in [1.807, 2.05) is 91.0 Å². The van der Waals surface area contributed by atoms with E-state index >= 15 is 0 Å². The molecule has 0 saturated carbocycles. The summed E-state index contributed by atoms with van der Waals surface area (Å²) in [6, 6.07) is 30.2. The maximum absolute atomic E-state index is 13.6. The first-order valence-corrected chi connectivity index (χ1v) is 12.0. The van der Waals surface area contributed by atoms with Crippen LogP contribution in [0.15, 0.2) is 97.1 Å². The molecule has 6 heteroatoms. The van der Waals surface area contributed by atoms with E-state index in [0.717, 1.165) is 21.9 Å². The first-order valence-electron chi connectivity index (χ1n) is 10.3. The second-order valence-corrected chi connectivity index (χ2v) is 9.77. The molecule has 32 heavy (non-hydrogen) atoms. The molecule has 4 rings (SSSR count). The number of rotatable bonds is 8. The molecule has 0 aromatic heterocycles. The first kappa shape index (κ1) is 22.3. The van der Waals surface area contributed by atoms with Crippen molar-refractivity contribution in [2.45, 2.75) is 11.8 Å². The number of phenolic OH excluding ortho intramolecular Hbond substituents is 1. The Morgan fingerprint density at radius 1 is 0.750 bits per heavy atom. The van der Waals surface area contributed by atoms with Crippen molar-refractivity contribution >= 4 is 18.4 Å². The van der Waals surface area contributed by atoms with Gasteiger partial charge in [0.1, 0.15) is 11.5 Å². The highest BCUT2D eigenvalue weighted by atomic mass is 31.2. The van der Waals surface area contributed by atoms with Crippen molar-refractivity contribution in [3.05, 3.63) is 114 Å². The number of hydrogen-bond donors (Lipinski definition) is 2. The van der Waals surface area contributed by atoms with Crippen LogP contribution in [-0.2, 0) is 13.6 Å². The molecule has 4 aromatic rings. The van der Waals surface area contributed by atoms with Crippen molar-refractivity contribution in [2.24, 2.45) is 0 Å². The summed E-state index contributed by atoms with van der Waals surface area (Å²) in [4.78, 5) is 0. The van der Waals surface area contributed by atoms with Gasteiger partial charge in [0.15, 0.2) is 0 Å². The van der Waals surface area contributed by atoms with E-state index < -0.39 is 19.4 Å². The van der Waals surface area contributed by atoms with Crippen molar-refractivity contribution in [1.29, 1.82) is 0 Å². The predicted molar refractivity (Wildman–Crippen MR) is 128 cm³/mol. The summed E-state index contributed by atoms with van der Waals surface area (Å²) in [7, 11) is -0.809. The molecular formula is C26H26NO4P. The molecule has 0 spiro atoms. The molecule has 0 aliphatic rings. The minimum atomic E-state index is -3.58. The largest absolute Gasteiger partial charge is 0.508 e. The Balaban J connectivity index is 1.92. The molecule has 0 heterocycles. The van der Waals surface area contributed by atoms with E-state index in [9.17, 15) is 9.67 Å². The Morgan fingerprint density at radius 3 is 1.94 bits per heavy atom. The number of hydrogen-bond acceptors (Lipinski definition) is 5. The summed E-state index contributed by atoms with van der Waals surface area (Å²) < 4.78 is 24.4. The standard InChI is InChI=1S/C26H26NO4P/c1-30-32(29,31-2)26(21-14-7-4-8-15-21)27-25(20-12-5-3-6-13-20)24-22-16-10-9-11-19(22)17-18-23(24)28/h3-18,25-28H,1-2H3. The van der Waals surface area contributed by atoms with Crippen molar-refractivity contribution in [2.75, 3.05) is 14.2 Å². The lowest BCUT2D eigenvalue weighted by Gasteiger charge is -2.31. The van der Waals surface area contributed by atoms with Gasteiger partial charge < -0.3 is 14.2 Å². The Kier molecular flexibility index (Phi) is 6.73. The lowest BCUT2D eigenvalue weighted by Crippen LogP contribution is -2.28. The maximum atomic E-state index is 13.6. The van der Waals surface area contributed by atoms with Crippen molar-refractivity contribution in [1.82, 2.24) is 5.32 Å². The molecule has 0 aliphatic heterocycles. The summed E-state index contributed by atoms with van der Waals surface area (Å²) in [6.07, 6.45) is 0. The van der Waals surface area contributed by atoms with Gasteiger partial charge in [0.25, 0.3) is 0 Å². The zero-order chi connectivity index (χ0) is 22.6. The summed E-state index contributed by atoms with van der Waals surface area (Å²) in [5, 5.41) is 16.4. The molecule has 0 aliphatic carbocycles. The van der Waals surface area contributed by atoms with Gasteiger partial charge in [-0.05, 0) is 28.0 Å². The van der Waals surface area contributed by atoms with Crippen LogP contribution >= 0.6 is 7.60 Å². The summed E-state index contributed by atoms with van der Waals surface area (Å²) in [5.41, 5.74) is 2.38.